The van der Waals surface area contributed by atoms with Crippen LogP contribution in [0.4, 0.5) is 5.95 Å². The number of aryl methyl sites for hydroxylation is 1. The fourth-order valence-corrected chi connectivity index (χ4v) is 1.65. The first-order valence-corrected chi connectivity index (χ1v) is 6.50. The molecule has 1 aromatic heterocycles. The van der Waals surface area contributed by atoms with Gasteiger partial charge in [0.2, 0.25) is 5.95 Å². The standard InChI is InChI=1S/C15H19N3O2/c1-11-8-16-15(17-9-11)18-10-12(2)20-14-6-4-13(19-3)5-7-14/h4-9,12H,10H2,1-3H3,(H,16,17,18). The summed E-state index contributed by atoms with van der Waals surface area (Å²) >= 11 is 0. The summed E-state index contributed by atoms with van der Waals surface area (Å²) in [5.41, 5.74) is 1.04. The van der Waals surface area contributed by atoms with E-state index in [-0.39, 0.29) is 6.10 Å². The Bertz CT molecular complexity index is 526. The molecule has 2 aromatic rings. The number of ether oxygens (including phenoxy) is 2. The second-order valence-electron chi connectivity index (χ2n) is 4.57. The number of nitrogens with zero attached hydrogens (tertiary/aromatic N) is 2. The van der Waals surface area contributed by atoms with E-state index in [2.05, 4.69) is 15.3 Å². The Balaban J connectivity index is 1.82. The van der Waals surface area contributed by atoms with Crippen LogP contribution in [0.15, 0.2) is 36.7 Å². The van der Waals surface area contributed by atoms with Crippen molar-refractivity contribution in [2.45, 2.75) is 20.0 Å². The fourth-order valence-electron chi connectivity index (χ4n) is 1.65. The van der Waals surface area contributed by atoms with Crippen molar-refractivity contribution >= 4 is 5.95 Å². The fraction of sp³-hybridized carbons (Fsp3) is 0.333. The van der Waals surface area contributed by atoms with E-state index < -0.39 is 0 Å². The van der Waals surface area contributed by atoms with Gasteiger partial charge in [-0.3, -0.25) is 0 Å². The van der Waals surface area contributed by atoms with Crippen molar-refractivity contribution in [3.63, 3.8) is 0 Å². The van der Waals surface area contributed by atoms with Gasteiger partial charge in [0, 0.05) is 12.4 Å². The lowest BCUT2D eigenvalue weighted by atomic mass is 10.3. The lowest BCUT2D eigenvalue weighted by molar-refractivity contribution is 0.234. The molecule has 1 aromatic carbocycles. The van der Waals surface area contributed by atoms with Crippen LogP contribution in [0.25, 0.3) is 0 Å². The van der Waals surface area contributed by atoms with Gasteiger partial charge in [0.05, 0.1) is 13.7 Å². The Hall–Kier alpha value is -2.30. The molecule has 0 bridgehead atoms. The third kappa shape index (κ3) is 4.12. The van der Waals surface area contributed by atoms with E-state index in [9.17, 15) is 0 Å². The molecule has 1 N–H and O–H groups in total. The van der Waals surface area contributed by atoms with Crippen LogP contribution in [0.5, 0.6) is 11.5 Å². The number of anilines is 1. The van der Waals surface area contributed by atoms with Gasteiger partial charge in [-0.05, 0) is 43.7 Å². The minimum atomic E-state index is 0.00768. The molecule has 106 valence electrons. The number of benzene rings is 1. The van der Waals surface area contributed by atoms with E-state index in [1.165, 1.54) is 0 Å². The van der Waals surface area contributed by atoms with E-state index in [1.54, 1.807) is 19.5 Å². The van der Waals surface area contributed by atoms with Gasteiger partial charge in [0.1, 0.15) is 17.6 Å². The van der Waals surface area contributed by atoms with Crippen molar-refractivity contribution in [3.05, 3.63) is 42.2 Å². The highest BCUT2D eigenvalue weighted by Crippen LogP contribution is 2.18. The summed E-state index contributed by atoms with van der Waals surface area (Å²) in [5, 5.41) is 3.14. The van der Waals surface area contributed by atoms with E-state index in [1.807, 2.05) is 38.1 Å². The first-order chi connectivity index (χ1) is 9.67. The van der Waals surface area contributed by atoms with Crippen LogP contribution in [-0.4, -0.2) is 29.7 Å². The van der Waals surface area contributed by atoms with Crippen molar-refractivity contribution < 1.29 is 9.47 Å². The highest BCUT2D eigenvalue weighted by Gasteiger charge is 2.05. The highest BCUT2D eigenvalue weighted by atomic mass is 16.5. The average molecular weight is 273 g/mol. The number of rotatable bonds is 6. The SMILES string of the molecule is COc1ccc(OC(C)CNc2ncc(C)cn2)cc1. The van der Waals surface area contributed by atoms with Crippen LogP contribution in [0, 0.1) is 6.92 Å². The predicted molar refractivity (Wildman–Crippen MR) is 78.3 cm³/mol. The number of aromatic nitrogens is 2. The molecule has 20 heavy (non-hydrogen) atoms. The van der Waals surface area contributed by atoms with Crippen LogP contribution in [-0.2, 0) is 0 Å². The molecule has 0 aliphatic rings. The monoisotopic (exact) mass is 273 g/mol. The highest BCUT2D eigenvalue weighted by molar-refractivity contribution is 5.31. The molecule has 0 fully saturated rings. The molecule has 5 nitrogen and oxygen atoms in total. The molecule has 2 rings (SSSR count). The molecule has 0 amide bonds. The molecule has 1 atom stereocenters. The molecule has 0 saturated heterocycles. The molecular weight excluding hydrogens is 254 g/mol. The summed E-state index contributed by atoms with van der Waals surface area (Å²) in [6.45, 7) is 4.58. The first kappa shape index (κ1) is 14.1. The third-order valence-corrected chi connectivity index (χ3v) is 2.73. The summed E-state index contributed by atoms with van der Waals surface area (Å²) in [7, 11) is 1.64. The third-order valence-electron chi connectivity index (χ3n) is 2.73. The lowest BCUT2D eigenvalue weighted by Crippen LogP contribution is -2.23. The zero-order chi connectivity index (χ0) is 14.4. The largest absolute Gasteiger partial charge is 0.497 e. The molecule has 0 aliphatic heterocycles. The zero-order valence-corrected chi connectivity index (χ0v) is 12.0. The quantitative estimate of drug-likeness (QED) is 0.877. The Morgan fingerprint density at radius 2 is 1.70 bits per heavy atom. The maximum absolute atomic E-state index is 5.79. The van der Waals surface area contributed by atoms with E-state index >= 15 is 0 Å². The molecule has 0 saturated carbocycles. The number of nitrogens with one attached hydrogen (secondary N) is 1. The number of hydrogen-bond acceptors (Lipinski definition) is 5. The van der Waals surface area contributed by atoms with Crippen molar-refractivity contribution in [1.29, 1.82) is 0 Å². The van der Waals surface area contributed by atoms with Gasteiger partial charge >= 0.3 is 0 Å². The van der Waals surface area contributed by atoms with Gasteiger partial charge in [-0.1, -0.05) is 0 Å². The zero-order valence-electron chi connectivity index (χ0n) is 12.0. The lowest BCUT2D eigenvalue weighted by Gasteiger charge is -2.15. The van der Waals surface area contributed by atoms with Gasteiger partial charge in [0.15, 0.2) is 0 Å². The second kappa shape index (κ2) is 6.75. The topological polar surface area (TPSA) is 56.3 Å². The Kier molecular flexibility index (Phi) is 4.76. The van der Waals surface area contributed by atoms with Gasteiger partial charge < -0.3 is 14.8 Å². The smallest absolute Gasteiger partial charge is 0.222 e. The van der Waals surface area contributed by atoms with E-state index in [0.717, 1.165) is 17.1 Å². The Morgan fingerprint density at radius 3 is 2.30 bits per heavy atom. The van der Waals surface area contributed by atoms with Crippen LogP contribution >= 0.6 is 0 Å². The normalized spacial score (nSPS) is 11.8. The van der Waals surface area contributed by atoms with E-state index in [0.29, 0.717) is 12.5 Å². The summed E-state index contributed by atoms with van der Waals surface area (Å²) in [5.74, 6) is 2.24. The minimum Gasteiger partial charge on any atom is -0.497 e. The van der Waals surface area contributed by atoms with Gasteiger partial charge in [-0.25, -0.2) is 9.97 Å². The molecule has 0 aliphatic carbocycles. The molecule has 5 heteroatoms. The van der Waals surface area contributed by atoms with Gasteiger partial charge in [-0.2, -0.15) is 0 Å². The van der Waals surface area contributed by atoms with Crippen molar-refractivity contribution in [1.82, 2.24) is 9.97 Å². The summed E-state index contributed by atoms with van der Waals surface area (Å²) in [4.78, 5) is 8.37. The second-order valence-corrected chi connectivity index (χ2v) is 4.57. The van der Waals surface area contributed by atoms with Crippen molar-refractivity contribution in [3.8, 4) is 11.5 Å². The van der Waals surface area contributed by atoms with Gasteiger partial charge in [-0.15, -0.1) is 0 Å². The predicted octanol–water partition coefficient (Wildman–Crippen LogP) is 2.67. The van der Waals surface area contributed by atoms with E-state index in [4.69, 9.17) is 9.47 Å². The molecule has 1 unspecified atom stereocenters. The maximum atomic E-state index is 5.79. The number of methoxy groups -OCH3 is 1. The molecule has 1 heterocycles. The Morgan fingerprint density at radius 1 is 1.10 bits per heavy atom. The van der Waals surface area contributed by atoms with Crippen LogP contribution in [0.3, 0.4) is 0 Å². The van der Waals surface area contributed by atoms with Gasteiger partial charge in [0.25, 0.3) is 0 Å². The molecule has 0 spiro atoms. The maximum Gasteiger partial charge on any atom is 0.222 e. The summed E-state index contributed by atoms with van der Waals surface area (Å²) in [6.07, 6.45) is 3.57. The Labute approximate surface area is 119 Å². The minimum absolute atomic E-state index is 0.00768. The van der Waals surface area contributed by atoms with Crippen molar-refractivity contribution in [2.75, 3.05) is 19.0 Å². The van der Waals surface area contributed by atoms with Crippen LogP contribution in [0.1, 0.15) is 12.5 Å². The summed E-state index contributed by atoms with van der Waals surface area (Å²) in [6, 6.07) is 7.52. The van der Waals surface area contributed by atoms with Crippen LogP contribution < -0.4 is 14.8 Å². The van der Waals surface area contributed by atoms with Crippen LogP contribution in [0.2, 0.25) is 0 Å². The molecular formula is C15H19N3O2. The average Bonchev–Trinajstić information content (AvgIpc) is 2.47. The van der Waals surface area contributed by atoms with Crippen molar-refractivity contribution in [2.24, 2.45) is 0 Å². The first-order valence-electron chi connectivity index (χ1n) is 6.50. The number of hydrogen-bond donors (Lipinski definition) is 1. The molecule has 0 radical (unpaired) electrons. The summed E-state index contributed by atoms with van der Waals surface area (Å²) < 4.78 is 10.9.